The first kappa shape index (κ1) is 21.5. The van der Waals surface area contributed by atoms with E-state index in [1.54, 1.807) is 30.5 Å². The van der Waals surface area contributed by atoms with E-state index in [2.05, 4.69) is 20.9 Å². The number of hydrogen-bond acceptors (Lipinski definition) is 4. The van der Waals surface area contributed by atoms with Gasteiger partial charge in [-0.1, -0.05) is 31.4 Å². The maximum absolute atomic E-state index is 12.4. The Labute approximate surface area is 176 Å². The van der Waals surface area contributed by atoms with Crippen LogP contribution in [0.5, 0.6) is 0 Å². The number of carbonyl (C=O) groups is 3. The molecule has 0 unspecified atom stereocenters. The van der Waals surface area contributed by atoms with Gasteiger partial charge in [-0.25, -0.2) is 0 Å². The molecule has 0 atom stereocenters. The van der Waals surface area contributed by atoms with Gasteiger partial charge in [0.2, 0.25) is 11.8 Å². The number of aromatic nitrogens is 1. The SMILES string of the molecule is O=C(CC1CCCCC1)NCC(=O)Nc1cccc(C(=O)NCc2ccccn2)c1. The number of nitrogens with zero attached hydrogens (tertiary/aromatic N) is 1. The van der Waals surface area contributed by atoms with Gasteiger partial charge in [0.05, 0.1) is 18.8 Å². The third-order valence-electron chi connectivity index (χ3n) is 5.21. The predicted molar refractivity (Wildman–Crippen MR) is 115 cm³/mol. The zero-order chi connectivity index (χ0) is 21.2. The van der Waals surface area contributed by atoms with Crippen molar-refractivity contribution in [1.29, 1.82) is 0 Å². The third-order valence-corrected chi connectivity index (χ3v) is 5.21. The van der Waals surface area contributed by atoms with E-state index in [0.717, 1.165) is 18.5 Å². The summed E-state index contributed by atoms with van der Waals surface area (Å²) in [5, 5.41) is 8.22. The summed E-state index contributed by atoms with van der Waals surface area (Å²) in [5.74, 6) is -0.224. The Kier molecular flexibility index (Phi) is 7.94. The number of amides is 3. The highest BCUT2D eigenvalue weighted by Crippen LogP contribution is 2.26. The Morgan fingerprint density at radius 1 is 0.933 bits per heavy atom. The lowest BCUT2D eigenvalue weighted by Gasteiger charge is -2.20. The molecule has 1 saturated carbocycles. The van der Waals surface area contributed by atoms with E-state index in [1.165, 1.54) is 19.3 Å². The quantitative estimate of drug-likeness (QED) is 0.625. The topological polar surface area (TPSA) is 100 Å². The van der Waals surface area contributed by atoms with E-state index >= 15 is 0 Å². The zero-order valence-corrected chi connectivity index (χ0v) is 17.0. The summed E-state index contributed by atoms with van der Waals surface area (Å²) in [6.07, 6.45) is 7.96. The van der Waals surface area contributed by atoms with E-state index in [0.29, 0.717) is 30.1 Å². The number of carbonyl (C=O) groups excluding carboxylic acids is 3. The molecule has 0 spiro atoms. The molecular weight excluding hydrogens is 380 g/mol. The fourth-order valence-corrected chi connectivity index (χ4v) is 3.62. The van der Waals surface area contributed by atoms with Crippen molar-refractivity contribution in [1.82, 2.24) is 15.6 Å². The van der Waals surface area contributed by atoms with E-state index in [1.807, 2.05) is 18.2 Å². The molecule has 0 saturated heterocycles. The summed E-state index contributed by atoms with van der Waals surface area (Å²) in [6, 6.07) is 12.2. The van der Waals surface area contributed by atoms with Crippen LogP contribution in [0.1, 0.15) is 54.6 Å². The van der Waals surface area contributed by atoms with Crippen molar-refractivity contribution >= 4 is 23.4 Å². The van der Waals surface area contributed by atoms with Crippen LogP contribution in [0.3, 0.4) is 0 Å². The molecule has 3 N–H and O–H groups in total. The number of rotatable bonds is 8. The van der Waals surface area contributed by atoms with E-state index in [4.69, 9.17) is 0 Å². The largest absolute Gasteiger partial charge is 0.347 e. The Morgan fingerprint density at radius 3 is 2.53 bits per heavy atom. The van der Waals surface area contributed by atoms with Crippen LogP contribution in [0.25, 0.3) is 0 Å². The Bertz CT molecular complexity index is 864. The van der Waals surface area contributed by atoms with Crippen molar-refractivity contribution in [3.63, 3.8) is 0 Å². The average Bonchev–Trinajstić information content (AvgIpc) is 2.78. The van der Waals surface area contributed by atoms with Crippen molar-refractivity contribution in [3.8, 4) is 0 Å². The molecule has 30 heavy (non-hydrogen) atoms. The monoisotopic (exact) mass is 408 g/mol. The van der Waals surface area contributed by atoms with E-state index in [-0.39, 0.29) is 24.3 Å². The second kappa shape index (κ2) is 11.1. The highest BCUT2D eigenvalue weighted by Gasteiger charge is 2.17. The molecule has 1 aromatic heterocycles. The lowest BCUT2D eigenvalue weighted by molar-refractivity contribution is -0.125. The Morgan fingerprint density at radius 2 is 1.77 bits per heavy atom. The second-order valence-corrected chi connectivity index (χ2v) is 7.62. The third kappa shape index (κ3) is 6.99. The van der Waals surface area contributed by atoms with Gasteiger partial charge in [0.25, 0.3) is 5.91 Å². The number of benzene rings is 1. The summed E-state index contributed by atoms with van der Waals surface area (Å²) in [4.78, 5) is 40.7. The van der Waals surface area contributed by atoms with E-state index < -0.39 is 0 Å². The number of nitrogens with one attached hydrogen (secondary N) is 3. The zero-order valence-electron chi connectivity index (χ0n) is 17.0. The maximum Gasteiger partial charge on any atom is 0.251 e. The Hall–Kier alpha value is -3.22. The van der Waals surface area contributed by atoms with Gasteiger partial charge in [0, 0.05) is 23.9 Å². The molecule has 1 aliphatic carbocycles. The normalized spacial score (nSPS) is 14.0. The van der Waals surface area contributed by atoms with Crippen LogP contribution in [0.2, 0.25) is 0 Å². The first-order valence-corrected chi connectivity index (χ1v) is 10.4. The molecular formula is C23H28N4O3. The highest BCUT2D eigenvalue weighted by atomic mass is 16.2. The molecule has 1 aromatic carbocycles. The van der Waals surface area contributed by atoms with Crippen LogP contribution in [0.15, 0.2) is 48.7 Å². The first-order chi connectivity index (χ1) is 14.6. The van der Waals surface area contributed by atoms with Gasteiger partial charge in [-0.05, 0) is 49.1 Å². The summed E-state index contributed by atoms with van der Waals surface area (Å²) < 4.78 is 0. The molecule has 1 fully saturated rings. The predicted octanol–water partition coefficient (Wildman–Crippen LogP) is 3.04. The average molecular weight is 409 g/mol. The molecule has 0 bridgehead atoms. The minimum Gasteiger partial charge on any atom is -0.347 e. The van der Waals surface area contributed by atoms with Crippen molar-refractivity contribution in [2.24, 2.45) is 5.92 Å². The summed E-state index contributed by atoms with van der Waals surface area (Å²) in [6.45, 7) is 0.241. The molecule has 7 nitrogen and oxygen atoms in total. The molecule has 0 aliphatic heterocycles. The van der Waals surface area contributed by atoms with Crippen LogP contribution < -0.4 is 16.0 Å². The highest BCUT2D eigenvalue weighted by molar-refractivity contribution is 5.98. The second-order valence-electron chi connectivity index (χ2n) is 7.62. The standard InChI is InChI=1S/C23H28N4O3/c28-21(13-17-7-2-1-3-8-17)25-16-22(29)27-19-11-6-9-18(14-19)23(30)26-15-20-10-4-5-12-24-20/h4-6,9-12,14,17H,1-3,7-8,13,15-16H2,(H,25,28)(H,26,30)(H,27,29). The molecule has 2 aromatic rings. The molecule has 0 radical (unpaired) electrons. The van der Waals surface area contributed by atoms with Crippen molar-refractivity contribution < 1.29 is 14.4 Å². The van der Waals surface area contributed by atoms with Crippen molar-refractivity contribution in [3.05, 3.63) is 59.9 Å². The number of pyridine rings is 1. The lowest BCUT2D eigenvalue weighted by Crippen LogP contribution is -2.34. The molecule has 1 aliphatic rings. The van der Waals surface area contributed by atoms with E-state index in [9.17, 15) is 14.4 Å². The fourth-order valence-electron chi connectivity index (χ4n) is 3.62. The lowest BCUT2D eigenvalue weighted by atomic mass is 9.87. The van der Waals surface area contributed by atoms with Crippen molar-refractivity contribution in [2.75, 3.05) is 11.9 Å². The van der Waals surface area contributed by atoms with Gasteiger partial charge in [-0.15, -0.1) is 0 Å². The van der Waals surface area contributed by atoms with Gasteiger partial charge in [0.15, 0.2) is 0 Å². The van der Waals surface area contributed by atoms with Gasteiger partial charge >= 0.3 is 0 Å². The Balaban J connectivity index is 1.43. The summed E-state index contributed by atoms with van der Waals surface area (Å²) >= 11 is 0. The minimum absolute atomic E-state index is 0.0817. The molecule has 3 rings (SSSR count). The van der Waals surface area contributed by atoms with Gasteiger partial charge in [0.1, 0.15) is 0 Å². The maximum atomic E-state index is 12.4. The first-order valence-electron chi connectivity index (χ1n) is 10.4. The molecule has 158 valence electrons. The van der Waals surface area contributed by atoms with Gasteiger partial charge in [-0.2, -0.15) is 0 Å². The number of anilines is 1. The summed E-state index contributed by atoms with van der Waals surface area (Å²) in [7, 11) is 0. The van der Waals surface area contributed by atoms with Crippen molar-refractivity contribution in [2.45, 2.75) is 45.1 Å². The van der Waals surface area contributed by atoms with Crippen LogP contribution in [0, 0.1) is 5.92 Å². The molecule has 1 heterocycles. The van der Waals surface area contributed by atoms with Crippen LogP contribution >= 0.6 is 0 Å². The smallest absolute Gasteiger partial charge is 0.251 e. The summed E-state index contributed by atoms with van der Waals surface area (Å²) in [5.41, 5.74) is 1.70. The van der Waals surface area contributed by atoms with Crippen LogP contribution in [-0.4, -0.2) is 29.3 Å². The molecule has 7 heteroatoms. The van der Waals surface area contributed by atoms with Crippen LogP contribution in [0.4, 0.5) is 5.69 Å². The molecule has 3 amide bonds. The minimum atomic E-state index is -0.321. The van der Waals surface area contributed by atoms with Gasteiger partial charge in [-0.3, -0.25) is 19.4 Å². The number of hydrogen-bond donors (Lipinski definition) is 3. The van der Waals surface area contributed by atoms with Gasteiger partial charge < -0.3 is 16.0 Å². The fraction of sp³-hybridized carbons (Fsp3) is 0.391. The van der Waals surface area contributed by atoms with Crippen LogP contribution in [-0.2, 0) is 16.1 Å².